The number of hydrogen-bond donors (Lipinski definition) is 2. The van der Waals surface area contributed by atoms with Crippen molar-refractivity contribution in [1.82, 2.24) is 10.3 Å². The number of likely N-dealkylation sites (N-methyl/N-ethyl adjacent to an activating group) is 1. The first-order valence-corrected chi connectivity index (χ1v) is 9.50. The summed E-state index contributed by atoms with van der Waals surface area (Å²) in [7, 11) is 4.38. The molecule has 0 radical (unpaired) electrons. The molecule has 1 aromatic heterocycles. The van der Waals surface area contributed by atoms with Gasteiger partial charge in [0, 0.05) is 25.9 Å². The van der Waals surface area contributed by atoms with Crippen molar-refractivity contribution in [3.63, 3.8) is 0 Å². The van der Waals surface area contributed by atoms with Gasteiger partial charge in [-0.1, -0.05) is 12.1 Å². The number of aliphatic hydroxyl groups is 1. The van der Waals surface area contributed by atoms with E-state index in [1.807, 2.05) is 52.5 Å². The van der Waals surface area contributed by atoms with E-state index in [0.717, 1.165) is 17.7 Å². The molecule has 0 saturated heterocycles. The molecule has 7 heteroatoms. The van der Waals surface area contributed by atoms with Crippen LogP contribution in [0.3, 0.4) is 0 Å². The van der Waals surface area contributed by atoms with E-state index in [0.29, 0.717) is 7.48 Å². The molecular weight excluding hydrogens is 339 g/mol. The molecule has 27 heavy (non-hydrogen) atoms. The van der Waals surface area contributed by atoms with Crippen LogP contribution in [0.25, 0.3) is 0 Å². The minimum absolute atomic E-state index is 0.178. The first-order chi connectivity index (χ1) is 12.5. The molecule has 2 heterocycles. The Morgan fingerprint density at radius 1 is 1.33 bits per heavy atom. The molecule has 1 aliphatic heterocycles. The molecule has 0 saturated carbocycles. The number of pyridine rings is 1. The third-order valence-electron chi connectivity index (χ3n) is 5.62. The summed E-state index contributed by atoms with van der Waals surface area (Å²) < 4.78 is 5.91. The molecule has 148 valence electrons. The number of anilines is 1. The molecule has 0 spiro atoms. The third kappa shape index (κ3) is 5.40. The van der Waals surface area contributed by atoms with E-state index in [1.54, 1.807) is 13.8 Å². The van der Waals surface area contributed by atoms with Gasteiger partial charge in [0.05, 0.1) is 17.2 Å². The van der Waals surface area contributed by atoms with Gasteiger partial charge in [0.15, 0.2) is 0 Å². The maximum Gasteiger partial charge on any atom is 0.311 e. The number of aromatic nitrogens is 1. The molecule has 1 aromatic rings. The van der Waals surface area contributed by atoms with Crippen LogP contribution in [0.4, 0.5) is 5.82 Å². The van der Waals surface area contributed by atoms with Gasteiger partial charge in [-0.25, -0.2) is 4.98 Å². The predicted octanol–water partition coefficient (Wildman–Crippen LogP) is 1.40. The highest BCUT2D eigenvalue weighted by Crippen LogP contribution is 2.24. The van der Waals surface area contributed by atoms with Crippen LogP contribution >= 0.6 is 0 Å². The van der Waals surface area contributed by atoms with Crippen LogP contribution < -0.4 is 15.7 Å². The first-order valence-electron chi connectivity index (χ1n) is 9.50. The monoisotopic (exact) mass is 372 g/mol. The lowest BCUT2D eigenvalue weighted by atomic mass is 9.83. The molecule has 6 nitrogen and oxygen atoms in total. The zero-order valence-corrected chi connectivity index (χ0v) is 17.7. The van der Waals surface area contributed by atoms with Gasteiger partial charge in [0.1, 0.15) is 12.0 Å². The number of nitrogens with zero attached hydrogens (tertiary/aromatic N) is 3. The van der Waals surface area contributed by atoms with Crippen LogP contribution in [-0.4, -0.2) is 61.3 Å². The Balaban J connectivity index is 1.98. The Morgan fingerprint density at radius 3 is 2.52 bits per heavy atom. The van der Waals surface area contributed by atoms with Crippen LogP contribution in [0.2, 0.25) is 0 Å². The molecule has 0 aromatic carbocycles. The smallest absolute Gasteiger partial charge is 0.311 e. The second-order valence-electron chi connectivity index (χ2n) is 8.19. The van der Waals surface area contributed by atoms with Crippen molar-refractivity contribution in [3.8, 4) is 0 Å². The fraction of sp³-hybridized carbons (Fsp3) is 0.600. The van der Waals surface area contributed by atoms with Gasteiger partial charge in [-0.05, 0) is 58.8 Å². The topological polar surface area (TPSA) is 70.0 Å². The van der Waals surface area contributed by atoms with Crippen LogP contribution in [0.15, 0.2) is 35.0 Å². The molecule has 2 rings (SSSR count). The normalized spacial score (nSPS) is 18.8. The lowest BCUT2D eigenvalue weighted by Gasteiger charge is -2.37. The van der Waals surface area contributed by atoms with Crippen molar-refractivity contribution in [2.24, 2.45) is 4.99 Å². The van der Waals surface area contributed by atoms with Crippen molar-refractivity contribution in [3.05, 3.63) is 30.0 Å². The summed E-state index contributed by atoms with van der Waals surface area (Å²) in [5, 5.41) is 13.4. The van der Waals surface area contributed by atoms with Crippen LogP contribution in [0.1, 0.15) is 41.0 Å². The standard InChI is InChI=1S/C20H33BN4O2/c1-14(15-8-10-17(22-6)23-12-15)25(7)18-11-9-16(13-24-18)21-27-20(4,5)19(2,3)26/h8-9,11-14,17,21-22,26H,10H2,1-7H3. The van der Waals surface area contributed by atoms with E-state index < -0.39 is 11.2 Å². The largest absolute Gasteiger partial charge is 0.427 e. The molecule has 2 N–H and O–H groups in total. The first kappa shape index (κ1) is 21.6. The van der Waals surface area contributed by atoms with Gasteiger partial charge in [0.25, 0.3) is 0 Å². The number of dihydropyridines is 1. The van der Waals surface area contributed by atoms with Crippen molar-refractivity contribution in [2.75, 3.05) is 19.0 Å². The van der Waals surface area contributed by atoms with E-state index >= 15 is 0 Å². The summed E-state index contributed by atoms with van der Waals surface area (Å²) in [6.45, 7) is 9.45. The highest BCUT2D eigenvalue weighted by atomic mass is 16.5. The van der Waals surface area contributed by atoms with Crippen LogP contribution in [-0.2, 0) is 4.65 Å². The second kappa shape index (κ2) is 8.54. The van der Waals surface area contributed by atoms with E-state index in [-0.39, 0.29) is 12.2 Å². The van der Waals surface area contributed by atoms with E-state index in [1.165, 1.54) is 5.57 Å². The zero-order chi connectivity index (χ0) is 20.2. The third-order valence-corrected chi connectivity index (χ3v) is 5.62. The molecule has 0 aliphatic carbocycles. The lowest BCUT2D eigenvalue weighted by molar-refractivity contribution is -0.0893. The molecule has 2 unspecified atom stereocenters. The Hall–Kier alpha value is -1.70. The highest BCUT2D eigenvalue weighted by molar-refractivity contribution is 6.46. The van der Waals surface area contributed by atoms with Crippen molar-refractivity contribution < 1.29 is 9.76 Å². The molecule has 2 atom stereocenters. The summed E-state index contributed by atoms with van der Waals surface area (Å²) in [5.74, 6) is 0.901. The van der Waals surface area contributed by atoms with Gasteiger partial charge >= 0.3 is 7.48 Å². The van der Waals surface area contributed by atoms with E-state index in [2.05, 4.69) is 33.2 Å². The summed E-state index contributed by atoms with van der Waals surface area (Å²) in [6, 6.07) is 4.21. The lowest BCUT2D eigenvalue weighted by Crippen LogP contribution is -2.49. The zero-order valence-electron chi connectivity index (χ0n) is 17.7. The molecule has 1 aliphatic rings. The molecule has 0 fully saturated rings. The van der Waals surface area contributed by atoms with Crippen LogP contribution in [0, 0.1) is 0 Å². The van der Waals surface area contributed by atoms with Gasteiger partial charge in [-0.15, -0.1) is 0 Å². The minimum atomic E-state index is -0.919. The fourth-order valence-corrected chi connectivity index (χ4v) is 2.58. The Kier molecular flexibility index (Phi) is 6.84. The number of aliphatic imine (C=N–C) groups is 1. The van der Waals surface area contributed by atoms with Crippen molar-refractivity contribution >= 4 is 25.0 Å². The quantitative estimate of drug-likeness (QED) is 0.675. The second-order valence-corrected chi connectivity index (χ2v) is 8.19. The molecular formula is C20H33BN4O2. The minimum Gasteiger partial charge on any atom is -0.427 e. The maximum atomic E-state index is 10.2. The van der Waals surface area contributed by atoms with Crippen molar-refractivity contribution in [2.45, 2.75) is 64.4 Å². The van der Waals surface area contributed by atoms with E-state index in [4.69, 9.17) is 4.65 Å². The van der Waals surface area contributed by atoms with Gasteiger partial charge < -0.3 is 14.7 Å². The summed E-state index contributed by atoms with van der Waals surface area (Å²) in [4.78, 5) is 11.2. The van der Waals surface area contributed by atoms with Gasteiger partial charge in [-0.3, -0.25) is 10.3 Å². The van der Waals surface area contributed by atoms with Gasteiger partial charge in [-0.2, -0.15) is 0 Å². The van der Waals surface area contributed by atoms with Gasteiger partial charge in [0.2, 0.25) is 0 Å². The fourth-order valence-electron chi connectivity index (χ4n) is 2.58. The summed E-state index contributed by atoms with van der Waals surface area (Å²) in [6.07, 6.45) is 7.10. The summed E-state index contributed by atoms with van der Waals surface area (Å²) in [5.41, 5.74) is 0.615. The van der Waals surface area contributed by atoms with Crippen LogP contribution in [0.5, 0.6) is 0 Å². The average Bonchev–Trinajstić information content (AvgIpc) is 2.65. The highest BCUT2D eigenvalue weighted by Gasteiger charge is 2.35. The average molecular weight is 372 g/mol. The number of nitrogens with one attached hydrogen (secondary N) is 1. The SMILES string of the molecule is CNC1CC=C(C(C)N(C)c2ccc(BOC(C)(C)C(C)(C)O)cn2)C=N1. The number of hydrogen-bond acceptors (Lipinski definition) is 6. The maximum absolute atomic E-state index is 10.2. The summed E-state index contributed by atoms with van der Waals surface area (Å²) >= 11 is 0. The molecule has 0 bridgehead atoms. The Bertz CT molecular complexity index is 680. The molecule has 0 amide bonds. The Morgan fingerprint density at radius 2 is 2.04 bits per heavy atom. The predicted molar refractivity (Wildman–Crippen MR) is 114 cm³/mol. The Labute approximate surface area is 164 Å². The number of rotatable bonds is 8. The van der Waals surface area contributed by atoms with Crippen molar-refractivity contribution in [1.29, 1.82) is 0 Å². The van der Waals surface area contributed by atoms with E-state index in [9.17, 15) is 5.11 Å².